The SMILES string of the molecule is CCCC1(CNCc2ccc(C(C)C)cc2)CC1. The van der Waals surface area contributed by atoms with E-state index in [1.54, 1.807) is 0 Å². The summed E-state index contributed by atoms with van der Waals surface area (Å²) < 4.78 is 0. The first-order valence-corrected chi connectivity index (χ1v) is 7.45. The summed E-state index contributed by atoms with van der Waals surface area (Å²) in [6.07, 6.45) is 5.58. The molecule has 0 saturated heterocycles. The van der Waals surface area contributed by atoms with Crippen LogP contribution in [0.4, 0.5) is 0 Å². The molecule has 1 nitrogen and oxygen atoms in total. The third-order valence-electron chi connectivity index (χ3n) is 4.21. The van der Waals surface area contributed by atoms with Crippen LogP contribution >= 0.6 is 0 Å². The van der Waals surface area contributed by atoms with Crippen LogP contribution in [0.15, 0.2) is 24.3 Å². The monoisotopic (exact) mass is 245 g/mol. The lowest BCUT2D eigenvalue weighted by Crippen LogP contribution is -2.23. The fraction of sp³-hybridized carbons (Fsp3) is 0.647. The van der Waals surface area contributed by atoms with Crippen LogP contribution in [0.5, 0.6) is 0 Å². The van der Waals surface area contributed by atoms with E-state index in [1.165, 1.54) is 43.4 Å². The third-order valence-corrected chi connectivity index (χ3v) is 4.21. The Morgan fingerprint density at radius 2 is 1.83 bits per heavy atom. The zero-order chi connectivity index (χ0) is 13.0. The van der Waals surface area contributed by atoms with Crippen LogP contribution < -0.4 is 5.32 Å². The molecule has 1 aliphatic carbocycles. The molecule has 1 fully saturated rings. The maximum atomic E-state index is 3.64. The highest BCUT2D eigenvalue weighted by atomic mass is 14.9. The summed E-state index contributed by atoms with van der Waals surface area (Å²) in [6.45, 7) is 9.00. The van der Waals surface area contributed by atoms with E-state index in [0.29, 0.717) is 11.3 Å². The van der Waals surface area contributed by atoms with Gasteiger partial charge in [-0.15, -0.1) is 0 Å². The Hall–Kier alpha value is -0.820. The van der Waals surface area contributed by atoms with E-state index < -0.39 is 0 Å². The third kappa shape index (κ3) is 3.58. The van der Waals surface area contributed by atoms with Crippen molar-refractivity contribution in [3.05, 3.63) is 35.4 Å². The summed E-state index contributed by atoms with van der Waals surface area (Å²) in [4.78, 5) is 0. The molecule has 1 aromatic rings. The predicted octanol–water partition coefficient (Wildman–Crippen LogP) is 4.48. The molecule has 1 saturated carbocycles. The zero-order valence-electron chi connectivity index (χ0n) is 12.1. The van der Waals surface area contributed by atoms with Crippen molar-refractivity contribution < 1.29 is 0 Å². The van der Waals surface area contributed by atoms with E-state index in [9.17, 15) is 0 Å². The first kappa shape index (κ1) is 13.6. The summed E-state index contributed by atoms with van der Waals surface area (Å²) in [5, 5.41) is 3.64. The first-order valence-electron chi connectivity index (χ1n) is 7.45. The number of benzene rings is 1. The van der Waals surface area contributed by atoms with Gasteiger partial charge in [0, 0.05) is 13.1 Å². The van der Waals surface area contributed by atoms with Gasteiger partial charge in [-0.3, -0.25) is 0 Å². The van der Waals surface area contributed by atoms with Crippen LogP contribution in [-0.2, 0) is 6.54 Å². The normalized spacial score (nSPS) is 17.1. The summed E-state index contributed by atoms with van der Waals surface area (Å²) in [5.41, 5.74) is 3.50. The van der Waals surface area contributed by atoms with Crippen molar-refractivity contribution in [3.8, 4) is 0 Å². The van der Waals surface area contributed by atoms with Crippen LogP contribution in [0, 0.1) is 5.41 Å². The molecule has 0 atom stereocenters. The molecule has 18 heavy (non-hydrogen) atoms. The highest BCUT2D eigenvalue weighted by molar-refractivity contribution is 5.24. The van der Waals surface area contributed by atoms with Gasteiger partial charge in [-0.1, -0.05) is 51.5 Å². The first-order chi connectivity index (χ1) is 8.65. The number of hydrogen-bond acceptors (Lipinski definition) is 1. The van der Waals surface area contributed by atoms with Gasteiger partial charge in [-0.05, 0) is 41.7 Å². The lowest BCUT2D eigenvalue weighted by molar-refractivity contribution is 0.421. The molecule has 2 rings (SSSR count). The molecular formula is C17H27N. The fourth-order valence-corrected chi connectivity index (χ4v) is 2.71. The molecule has 0 aliphatic heterocycles. The highest BCUT2D eigenvalue weighted by Crippen LogP contribution is 2.48. The fourth-order valence-electron chi connectivity index (χ4n) is 2.71. The van der Waals surface area contributed by atoms with Crippen LogP contribution in [-0.4, -0.2) is 6.54 Å². The minimum Gasteiger partial charge on any atom is -0.312 e. The molecule has 1 aromatic carbocycles. The average molecular weight is 245 g/mol. The van der Waals surface area contributed by atoms with Crippen LogP contribution in [0.25, 0.3) is 0 Å². The van der Waals surface area contributed by atoms with Gasteiger partial charge in [0.2, 0.25) is 0 Å². The van der Waals surface area contributed by atoms with Gasteiger partial charge >= 0.3 is 0 Å². The zero-order valence-corrected chi connectivity index (χ0v) is 12.1. The molecule has 0 unspecified atom stereocenters. The quantitative estimate of drug-likeness (QED) is 0.747. The van der Waals surface area contributed by atoms with Gasteiger partial charge < -0.3 is 5.32 Å². The summed E-state index contributed by atoms with van der Waals surface area (Å²) >= 11 is 0. The van der Waals surface area contributed by atoms with Crippen LogP contribution in [0.2, 0.25) is 0 Å². The van der Waals surface area contributed by atoms with Crippen molar-refractivity contribution in [1.29, 1.82) is 0 Å². The van der Waals surface area contributed by atoms with Crippen molar-refractivity contribution in [2.45, 2.75) is 58.9 Å². The molecule has 0 aromatic heterocycles. The topological polar surface area (TPSA) is 12.0 Å². The van der Waals surface area contributed by atoms with Gasteiger partial charge in [0.25, 0.3) is 0 Å². The number of nitrogens with one attached hydrogen (secondary N) is 1. The molecule has 1 aliphatic rings. The summed E-state index contributed by atoms with van der Waals surface area (Å²) in [5.74, 6) is 0.631. The Kier molecular flexibility index (Phi) is 4.45. The Labute approximate surface area is 112 Å². The Morgan fingerprint density at radius 3 is 2.33 bits per heavy atom. The summed E-state index contributed by atoms with van der Waals surface area (Å²) in [6, 6.07) is 9.06. The van der Waals surface area contributed by atoms with Crippen LogP contribution in [0.1, 0.15) is 63.5 Å². The molecule has 0 bridgehead atoms. The van der Waals surface area contributed by atoms with Gasteiger partial charge in [0.05, 0.1) is 0 Å². The minimum absolute atomic E-state index is 0.631. The second kappa shape index (κ2) is 5.88. The maximum absolute atomic E-state index is 3.64. The average Bonchev–Trinajstić information content (AvgIpc) is 3.10. The van der Waals surface area contributed by atoms with E-state index in [1.807, 2.05) is 0 Å². The molecule has 0 spiro atoms. The van der Waals surface area contributed by atoms with Crippen molar-refractivity contribution in [1.82, 2.24) is 5.32 Å². The van der Waals surface area contributed by atoms with E-state index >= 15 is 0 Å². The lowest BCUT2D eigenvalue weighted by Gasteiger charge is -2.15. The number of rotatable bonds is 7. The van der Waals surface area contributed by atoms with E-state index in [2.05, 4.69) is 50.4 Å². The smallest absolute Gasteiger partial charge is 0.0205 e. The molecule has 100 valence electrons. The highest BCUT2D eigenvalue weighted by Gasteiger charge is 2.40. The largest absolute Gasteiger partial charge is 0.312 e. The summed E-state index contributed by atoms with van der Waals surface area (Å²) in [7, 11) is 0. The van der Waals surface area contributed by atoms with Gasteiger partial charge in [0.15, 0.2) is 0 Å². The van der Waals surface area contributed by atoms with Gasteiger partial charge in [0.1, 0.15) is 0 Å². The van der Waals surface area contributed by atoms with Crippen molar-refractivity contribution in [2.24, 2.45) is 5.41 Å². The van der Waals surface area contributed by atoms with Gasteiger partial charge in [-0.25, -0.2) is 0 Å². The molecule has 0 radical (unpaired) electrons. The molecule has 0 heterocycles. The van der Waals surface area contributed by atoms with E-state index in [0.717, 1.165) is 6.54 Å². The Bertz CT molecular complexity index is 360. The second-order valence-electron chi connectivity index (χ2n) is 6.25. The molecule has 0 amide bonds. The number of hydrogen-bond donors (Lipinski definition) is 1. The Morgan fingerprint density at radius 1 is 1.17 bits per heavy atom. The van der Waals surface area contributed by atoms with Crippen molar-refractivity contribution >= 4 is 0 Å². The van der Waals surface area contributed by atoms with Crippen molar-refractivity contribution in [3.63, 3.8) is 0 Å². The standard InChI is InChI=1S/C17H27N/c1-4-9-17(10-11-17)13-18-12-15-5-7-16(8-6-15)14(2)3/h5-8,14,18H,4,9-13H2,1-3H3. The second-order valence-corrected chi connectivity index (χ2v) is 6.25. The predicted molar refractivity (Wildman–Crippen MR) is 78.8 cm³/mol. The van der Waals surface area contributed by atoms with E-state index in [-0.39, 0.29) is 0 Å². The van der Waals surface area contributed by atoms with Crippen LogP contribution in [0.3, 0.4) is 0 Å². The minimum atomic E-state index is 0.631. The molecule has 1 heteroatoms. The Balaban J connectivity index is 1.77. The lowest BCUT2D eigenvalue weighted by atomic mass is 10.00. The van der Waals surface area contributed by atoms with Crippen molar-refractivity contribution in [2.75, 3.05) is 6.54 Å². The van der Waals surface area contributed by atoms with Gasteiger partial charge in [-0.2, -0.15) is 0 Å². The molecular weight excluding hydrogens is 218 g/mol. The molecule has 1 N–H and O–H groups in total. The van der Waals surface area contributed by atoms with E-state index in [4.69, 9.17) is 0 Å². The maximum Gasteiger partial charge on any atom is 0.0205 e.